The van der Waals surface area contributed by atoms with Gasteiger partial charge in [-0.2, -0.15) is 9.61 Å². The first-order valence-corrected chi connectivity index (χ1v) is 6.37. The summed E-state index contributed by atoms with van der Waals surface area (Å²) in [5, 5.41) is 4.09. The van der Waals surface area contributed by atoms with Gasteiger partial charge in [-0.25, -0.2) is 4.79 Å². The van der Waals surface area contributed by atoms with E-state index in [9.17, 15) is 9.59 Å². The van der Waals surface area contributed by atoms with E-state index in [1.54, 1.807) is 13.8 Å². The summed E-state index contributed by atoms with van der Waals surface area (Å²) >= 11 is 0. The minimum atomic E-state index is -0.486. The Morgan fingerprint density at radius 3 is 2.84 bits per heavy atom. The van der Waals surface area contributed by atoms with Gasteiger partial charge in [0.1, 0.15) is 5.65 Å². The maximum Gasteiger partial charge on any atom is 0.359 e. The molecule has 0 saturated heterocycles. The van der Waals surface area contributed by atoms with Gasteiger partial charge < -0.3 is 9.72 Å². The van der Waals surface area contributed by atoms with E-state index in [1.165, 1.54) is 10.6 Å². The zero-order chi connectivity index (χ0) is 14.0. The highest BCUT2D eigenvalue weighted by Crippen LogP contribution is 2.16. The van der Waals surface area contributed by atoms with Crippen molar-refractivity contribution in [1.29, 1.82) is 0 Å². The van der Waals surface area contributed by atoms with Crippen LogP contribution in [0.5, 0.6) is 0 Å². The summed E-state index contributed by atoms with van der Waals surface area (Å²) in [6, 6.07) is 1.45. The summed E-state index contributed by atoms with van der Waals surface area (Å²) in [7, 11) is 0. The van der Waals surface area contributed by atoms with E-state index in [2.05, 4.69) is 10.1 Å². The predicted molar refractivity (Wildman–Crippen MR) is 70.5 cm³/mol. The Balaban J connectivity index is 2.70. The van der Waals surface area contributed by atoms with Gasteiger partial charge in [0.25, 0.3) is 5.56 Å². The number of H-pyrrole nitrogens is 1. The number of carbonyl (C=O) groups is 1. The number of nitrogens with zero attached hydrogens (tertiary/aromatic N) is 2. The summed E-state index contributed by atoms with van der Waals surface area (Å²) in [6.45, 7) is 5.83. The highest BCUT2D eigenvalue weighted by atomic mass is 16.5. The number of aryl methyl sites for hydroxylation is 2. The number of hydrogen-bond donors (Lipinski definition) is 1. The van der Waals surface area contributed by atoms with Gasteiger partial charge >= 0.3 is 5.97 Å². The van der Waals surface area contributed by atoms with E-state index < -0.39 is 5.97 Å². The van der Waals surface area contributed by atoms with Gasteiger partial charge in [0.2, 0.25) is 0 Å². The van der Waals surface area contributed by atoms with Crippen molar-refractivity contribution in [2.45, 2.75) is 33.6 Å². The van der Waals surface area contributed by atoms with Crippen LogP contribution >= 0.6 is 0 Å². The SMILES string of the molecule is CCCc1c(C(=O)OCC)nn2c(=O)cc(C)[nH]c12. The largest absolute Gasteiger partial charge is 0.461 e. The fraction of sp³-hybridized carbons (Fsp3) is 0.462. The maximum absolute atomic E-state index is 11.9. The van der Waals surface area contributed by atoms with Gasteiger partial charge in [-0.3, -0.25) is 4.79 Å². The summed E-state index contributed by atoms with van der Waals surface area (Å²) in [4.78, 5) is 26.9. The Labute approximate surface area is 110 Å². The highest BCUT2D eigenvalue weighted by Gasteiger charge is 2.21. The second-order valence-electron chi connectivity index (χ2n) is 4.35. The van der Waals surface area contributed by atoms with E-state index in [0.29, 0.717) is 12.1 Å². The minimum absolute atomic E-state index is 0.225. The molecule has 102 valence electrons. The molecule has 0 aliphatic carbocycles. The van der Waals surface area contributed by atoms with Crippen molar-refractivity contribution >= 4 is 11.6 Å². The molecule has 0 aliphatic rings. The Bertz CT molecular complexity index is 670. The lowest BCUT2D eigenvalue weighted by Crippen LogP contribution is -2.15. The molecule has 1 N–H and O–H groups in total. The molecular formula is C13H17N3O3. The second kappa shape index (κ2) is 5.26. The number of aromatic nitrogens is 3. The molecule has 0 fully saturated rings. The van der Waals surface area contributed by atoms with Crippen molar-refractivity contribution in [3.05, 3.63) is 33.4 Å². The molecule has 0 unspecified atom stereocenters. The van der Waals surface area contributed by atoms with Crippen molar-refractivity contribution < 1.29 is 9.53 Å². The first kappa shape index (κ1) is 13.3. The number of aromatic amines is 1. The van der Waals surface area contributed by atoms with Crippen LogP contribution in [0.25, 0.3) is 5.65 Å². The average Bonchev–Trinajstić information content (AvgIpc) is 2.70. The van der Waals surface area contributed by atoms with Crippen molar-refractivity contribution in [2.75, 3.05) is 6.61 Å². The Kier molecular flexibility index (Phi) is 3.69. The molecule has 2 aromatic heterocycles. The summed E-state index contributed by atoms with van der Waals surface area (Å²) in [6.07, 6.45) is 1.51. The first-order valence-electron chi connectivity index (χ1n) is 6.37. The normalized spacial score (nSPS) is 10.9. The molecule has 0 atom stereocenters. The van der Waals surface area contributed by atoms with Crippen molar-refractivity contribution in [3.63, 3.8) is 0 Å². The Morgan fingerprint density at radius 2 is 2.21 bits per heavy atom. The number of rotatable bonds is 4. The molecule has 0 aromatic carbocycles. The summed E-state index contributed by atoms with van der Waals surface area (Å²) in [5.41, 5.74) is 2.03. The third-order valence-corrected chi connectivity index (χ3v) is 2.82. The lowest BCUT2D eigenvalue weighted by atomic mass is 10.1. The molecule has 0 amide bonds. The van der Waals surface area contributed by atoms with Gasteiger partial charge in [0.05, 0.1) is 6.61 Å². The van der Waals surface area contributed by atoms with E-state index in [4.69, 9.17) is 4.74 Å². The zero-order valence-electron chi connectivity index (χ0n) is 11.3. The third kappa shape index (κ3) is 2.38. The van der Waals surface area contributed by atoms with Crippen LogP contribution in [0.3, 0.4) is 0 Å². The second-order valence-corrected chi connectivity index (χ2v) is 4.35. The first-order chi connectivity index (χ1) is 9.08. The molecule has 19 heavy (non-hydrogen) atoms. The van der Waals surface area contributed by atoms with Crippen molar-refractivity contribution in [2.24, 2.45) is 0 Å². The summed E-state index contributed by atoms with van der Waals surface area (Å²) in [5.74, 6) is -0.486. The fourth-order valence-electron chi connectivity index (χ4n) is 2.06. The van der Waals surface area contributed by atoms with Crippen LogP contribution in [0.2, 0.25) is 0 Å². The molecular weight excluding hydrogens is 246 g/mol. The van der Waals surface area contributed by atoms with Crippen LogP contribution in [-0.2, 0) is 11.2 Å². The molecule has 6 nitrogen and oxygen atoms in total. The maximum atomic E-state index is 11.9. The van der Waals surface area contributed by atoms with Gasteiger partial charge in [0, 0.05) is 17.3 Å². The Hall–Kier alpha value is -2.11. The standard InChI is InChI=1S/C13H17N3O3/c1-4-6-9-11(13(18)19-5-2)15-16-10(17)7-8(3)14-12(9)16/h7,14H,4-6H2,1-3H3. The zero-order valence-corrected chi connectivity index (χ0v) is 11.3. The number of fused-ring (bicyclic) bond motifs is 1. The molecule has 2 rings (SSSR count). The average molecular weight is 263 g/mol. The van der Waals surface area contributed by atoms with Crippen LogP contribution < -0.4 is 5.56 Å². The van der Waals surface area contributed by atoms with Gasteiger partial charge in [0.15, 0.2) is 5.69 Å². The highest BCUT2D eigenvalue weighted by molar-refractivity contribution is 5.91. The number of hydrogen-bond acceptors (Lipinski definition) is 4. The number of carbonyl (C=O) groups excluding carboxylic acids is 1. The Morgan fingerprint density at radius 1 is 1.47 bits per heavy atom. The van der Waals surface area contributed by atoms with E-state index in [-0.39, 0.29) is 17.9 Å². The number of esters is 1. The molecule has 0 bridgehead atoms. The molecule has 0 spiro atoms. The quantitative estimate of drug-likeness (QED) is 0.847. The van der Waals surface area contributed by atoms with Crippen LogP contribution in [-0.4, -0.2) is 27.2 Å². The third-order valence-electron chi connectivity index (χ3n) is 2.82. The molecule has 2 aromatic rings. The smallest absolute Gasteiger partial charge is 0.359 e. The van der Waals surface area contributed by atoms with Crippen molar-refractivity contribution in [3.8, 4) is 0 Å². The monoisotopic (exact) mass is 263 g/mol. The number of ether oxygens (including phenoxy) is 1. The molecule has 2 heterocycles. The van der Waals surface area contributed by atoms with E-state index >= 15 is 0 Å². The van der Waals surface area contributed by atoms with E-state index in [0.717, 1.165) is 17.7 Å². The molecule has 6 heteroatoms. The lowest BCUT2D eigenvalue weighted by molar-refractivity contribution is 0.0518. The summed E-state index contributed by atoms with van der Waals surface area (Å²) < 4.78 is 6.21. The molecule has 0 saturated carbocycles. The van der Waals surface area contributed by atoms with Gasteiger partial charge in [-0.1, -0.05) is 13.3 Å². The van der Waals surface area contributed by atoms with Gasteiger partial charge in [-0.15, -0.1) is 0 Å². The van der Waals surface area contributed by atoms with Crippen LogP contribution in [0.1, 0.15) is 42.0 Å². The van der Waals surface area contributed by atoms with Crippen LogP contribution in [0.15, 0.2) is 10.9 Å². The minimum Gasteiger partial charge on any atom is -0.461 e. The lowest BCUT2D eigenvalue weighted by Gasteiger charge is -2.01. The van der Waals surface area contributed by atoms with Gasteiger partial charge in [-0.05, 0) is 20.3 Å². The van der Waals surface area contributed by atoms with Crippen LogP contribution in [0.4, 0.5) is 0 Å². The van der Waals surface area contributed by atoms with Crippen molar-refractivity contribution in [1.82, 2.24) is 14.6 Å². The topological polar surface area (TPSA) is 76.5 Å². The number of nitrogens with one attached hydrogen (secondary N) is 1. The predicted octanol–water partition coefficient (Wildman–Crippen LogP) is 1.46. The molecule has 0 radical (unpaired) electrons. The molecule has 0 aliphatic heterocycles. The van der Waals surface area contributed by atoms with Crippen LogP contribution in [0, 0.1) is 6.92 Å². The fourth-order valence-corrected chi connectivity index (χ4v) is 2.06. The van der Waals surface area contributed by atoms with E-state index in [1.807, 2.05) is 6.92 Å².